The van der Waals surface area contributed by atoms with Crippen LogP contribution in [0.4, 0.5) is 0 Å². The molecule has 0 saturated carbocycles. The lowest BCUT2D eigenvalue weighted by atomic mass is 10.0. The van der Waals surface area contributed by atoms with Gasteiger partial charge in [-0.3, -0.25) is 4.90 Å². The number of aromatic nitrogens is 3. The molecule has 0 aliphatic carbocycles. The third-order valence-corrected chi connectivity index (χ3v) is 4.61. The van der Waals surface area contributed by atoms with E-state index in [0.29, 0.717) is 12.1 Å². The Morgan fingerprint density at radius 3 is 2.35 bits per heavy atom. The Morgan fingerprint density at radius 1 is 1.12 bits per heavy atom. The van der Waals surface area contributed by atoms with Crippen LogP contribution in [0.3, 0.4) is 0 Å². The fourth-order valence-corrected chi connectivity index (χ4v) is 2.82. The number of nitriles is 1. The number of hydrogen-bond donors (Lipinski definition) is 1. The van der Waals surface area contributed by atoms with Gasteiger partial charge in [0.2, 0.25) is 0 Å². The third kappa shape index (κ3) is 3.97. The molecule has 3 aromatic rings. The number of likely N-dealkylation sites (N-methyl/N-ethyl adjacent to an activating group) is 1. The van der Waals surface area contributed by atoms with Crippen LogP contribution in [0, 0.1) is 11.3 Å². The highest BCUT2D eigenvalue weighted by Crippen LogP contribution is 2.23. The van der Waals surface area contributed by atoms with Crippen LogP contribution in [0.2, 0.25) is 0 Å². The first-order valence-corrected chi connectivity index (χ1v) is 8.42. The van der Waals surface area contributed by atoms with E-state index in [0.717, 1.165) is 16.8 Å². The molecule has 0 saturated heterocycles. The standard InChI is InChI=1S/C20H21N5O/c1-15(17-7-9-19(10-8-17)25-14-22-13-23-25)24(2)12-20(26)18-5-3-16(11-21)4-6-18/h3-10,13-15,20,26H,12H2,1-2H3. The smallest absolute Gasteiger partial charge is 0.138 e. The molecule has 1 heterocycles. The van der Waals surface area contributed by atoms with E-state index in [-0.39, 0.29) is 6.04 Å². The van der Waals surface area contributed by atoms with Gasteiger partial charge in [0.05, 0.1) is 23.4 Å². The van der Waals surface area contributed by atoms with E-state index in [2.05, 4.69) is 40.1 Å². The fourth-order valence-electron chi connectivity index (χ4n) is 2.82. The number of nitrogens with zero attached hydrogens (tertiary/aromatic N) is 5. The van der Waals surface area contributed by atoms with Crippen LogP contribution >= 0.6 is 0 Å². The van der Waals surface area contributed by atoms with Crippen molar-refractivity contribution in [3.05, 3.63) is 77.9 Å². The van der Waals surface area contributed by atoms with Gasteiger partial charge in [0.25, 0.3) is 0 Å². The molecule has 0 amide bonds. The Balaban J connectivity index is 1.65. The van der Waals surface area contributed by atoms with Crippen molar-refractivity contribution < 1.29 is 5.11 Å². The maximum atomic E-state index is 10.5. The summed E-state index contributed by atoms with van der Waals surface area (Å²) < 4.78 is 1.72. The monoisotopic (exact) mass is 347 g/mol. The summed E-state index contributed by atoms with van der Waals surface area (Å²) in [6, 6.07) is 17.4. The van der Waals surface area contributed by atoms with Gasteiger partial charge >= 0.3 is 0 Å². The second-order valence-electron chi connectivity index (χ2n) is 6.30. The van der Waals surface area contributed by atoms with E-state index in [4.69, 9.17) is 5.26 Å². The van der Waals surface area contributed by atoms with Crippen molar-refractivity contribution >= 4 is 0 Å². The number of rotatable bonds is 6. The average Bonchev–Trinajstić information content (AvgIpc) is 3.22. The molecule has 0 fully saturated rings. The highest BCUT2D eigenvalue weighted by Gasteiger charge is 2.17. The average molecular weight is 347 g/mol. The molecule has 2 unspecified atom stereocenters. The largest absolute Gasteiger partial charge is 0.387 e. The van der Waals surface area contributed by atoms with Crippen LogP contribution in [-0.4, -0.2) is 38.4 Å². The molecule has 0 aliphatic heterocycles. The Labute approximate surface area is 153 Å². The summed E-state index contributed by atoms with van der Waals surface area (Å²) in [7, 11) is 1.99. The molecular formula is C20H21N5O. The zero-order valence-electron chi connectivity index (χ0n) is 14.8. The molecule has 2 aromatic carbocycles. The Hall–Kier alpha value is -3.01. The van der Waals surface area contributed by atoms with Gasteiger partial charge in [-0.1, -0.05) is 24.3 Å². The summed E-state index contributed by atoms with van der Waals surface area (Å²) in [6.07, 6.45) is 2.57. The van der Waals surface area contributed by atoms with Crippen LogP contribution in [0.25, 0.3) is 5.69 Å². The molecule has 2 atom stereocenters. The van der Waals surface area contributed by atoms with Crippen LogP contribution < -0.4 is 0 Å². The summed E-state index contributed by atoms with van der Waals surface area (Å²) in [6.45, 7) is 2.61. The zero-order valence-corrected chi connectivity index (χ0v) is 14.8. The van der Waals surface area contributed by atoms with Crippen LogP contribution in [0.1, 0.15) is 35.8 Å². The second-order valence-corrected chi connectivity index (χ2v) is 6.30. The van der Waals surface area contributed by atoms with Crippen molar-refractivity contribution in [3.8, 4) is 11.8 Å². The number of aliphatic hydroxyl groups excluding tert-OH is 1. The Bertz CT molecular complexity index is 866. The highest BCUT2D eigenvalue weighted by molar-refractivity contribution is 5.35. The van der Waals surface area contributed by atoms with Gasteiger partial charge in [-0.2, -0.15) is 10.4 Å². The molecule has 0 spiro atoms. The number of benzene rings is 2. The Morgan fingerprint density at radius 2 is 1.77 bits per heavy atom. The quantitative estimate of drug-likeness (QED) is 0.742. The molecular weight excluding hydrogens is 326 g/mol. The van der Waals surface area contributed by atoms with Crippen molar-refractivity contribution in [1.29, 1.82) is 5.26 Å². The van der Waals surface area contributed by atoms with Gasteiger partial charge in [0.15, 0.2) is 0 Å². The fraction of sp³-hybridized carbons (Fsp3) is 0.250. The summed E-state index contributed by atoms with van der Waals surface area (Å²) in [4.78, 5) is 6.06. The maximum absolute atomic E-state index is 10.5. The molecule has 132 valence electrons. The molecule has 6 nitrogen and oxygen atoms in total. The second kappa shape index (κ2) is 7.91. The molecule has 6 heteroatoms. The van der Waals surface area contributed by atoms with Crippen LogP contribution in [0.5, 0.6) is 0 Å². The number of aliphatic hydroxyl groups is 1. The van der Waals surface area contributed by atoms with E-state index in [1.807, 2.05) is 19.2 Å². The minimum Gasteiger partial charge on any atom is -0.387 e. The van der Waals surface area contributed by atoms with E-state index in [9.17, 15) is 5.11 Å². The summed E-state index contributed by atoms with van der Waals surface area (Å²) >= 11 is 0. The SMILES string of the molecule is CC(c1ccc(-n2cncn2)cc1)N(C)CC(O)c1ccc(C#N)cc1. The minimum atomic E-state index is -0.607. The molecule has 0 aliphatic rings. The number of hydrogen-bond acceptors (Lipinski definition) is 5. The molecule has 26 heavy (non-hydrogen) atoms. The maximum Gasteiger partial charge on any atom is 0.138 e. The van der Waals surface area contributed by atoms with E-state index >= 15 is 0 Å². The first kappa shape index (κ1) is 17.8. The van der Waals surface area contributed by atoms with Gasteiger partial charge < -0.3 is 5.11 Å². The van der Waals surface area contributed by atoms with E-state index in [1.54, 1.807) is 35.3 Å². The summed E-state index contributed by atoms with van der Waals surface area (Å²) in [5, 5.41) is 23.5. The topological polar surface area (TPSA) is 78.0 Å². The van der Waals surface area contributed by atoms with Gasteiger partial charge in [0.1, 0.15) is 12.7 Å². The van der Waals surface area contributed by atoms with Crippen LogP contribution in [0.15, 0.2) is 61.2 Å². The van der Waals surface area contributed by atoms with Crippen molar-refractivity contribution in [2.24, 2.45) is 0 Å². The predicted molar refractivity (Wildman–Crippen MR) is 98.5 cm³/mol. The summed E-state index contributed by atoms with van der Waals surface area (Å²) in [5.74, 6) is 0. The van der Waals surface area contributed by atoms with Gasteiger partial charge in [0, 0.05) is 12.6 Å². The summed E-state index contributed by atoms with van der Waals surface area (Å²) in [5.41, 5.74) is 3.52. The van der Waals surface area contributed by atoms with Gasteiger partial charge in [-0.05, 0) is 49.4 Å². The van der Waals surface area contributed by atoms with Crippen molar-refractivity contribution in [2.45, 2.75) is 19.1 Å². The third-order valence-electron chi connectivity index (χ3n) is 4.61. The molecule has 1 aromatic heterocycles. The highest BCUT2D eigenvalue weighted by atomic mass is 16.3. The molecule has 3 rings (SSSR count). The van der Waals surface area contributed by atoms with E-state index < -0.39 is 6.10 Å². The predicted octanol–water partition coefficient (Wildman–Crippen LogP) is 2.87. The molecule has 1 N–H and O–H groups in total. The van der Waals surface area contributed by atoms with Crippen molar-refractivity contribution in [1.82, 2.24) is 19.7 Å². The van der Waals surface area contributed by atoms with Gasteiger partial charge in [-0.15, -0.1) is 0 Å². The molecule has 0 bridgehead atoms. The van der Waals surface area contributed by atoms with E-state index in [1.165, 1.54) is 6.33 Å². The zero-order chi connectivity index (χ0) is 18.5. The van der Waals surface area contributed by atoms with Crippen molar-refractivity contribution in [2.75, 3.05) is 13.6 Å². The first-order valence-electron chi connectivity index (χ1n) is 8.42. The van der Waals surface area contributed by atoms with Gasteiger partial charge in [-0.25, -0.2) is 9.67 Å². The minimum absolute atomic E-state index is 0.146. The first-order chi connectivity index (χ1) is 12.6. The van der Waals surface area contributed by atoms with Crippen LogP contribution in [-0.2, 0) is 0 Å². The molecule has 0 radical (unpaired) electrons. The lowest BCUT2D eigenvalue weighted by molar-refractivity contribution is 0.108. The Kier molecular flexibility index (Phi) is 5.42. The lowest BCUT2D eigenvalue weighted by Crippen LogP contribution is -2.27. The van der Waals surface area contributed by atoms with Crippen molar-refractivity contribution in [3.63, 3.8) is 0 Å². The lowest BCUT2D eigenvalue weighted by Gasteiger charge is -2.27. The normalized spacial score (nSPS) is 13.3.